The van der Waals surface area contributed by atoms with Crippen LogP contribution in [0.2, 0.25) is 0 Å². The predicted octanol–water partition coefficient (Wildman–Crippen LogP) is 2.02. The van der Waals surface area contributed by atoms with Gasteiger partial charge < -0.3 is 10.6 Å². The molecule has 0 bridgehead atoms. The minimum absolute atomic E-state index is 0.376. The van der Waals surface area contributed by atoms with Gasteiger partial charge in [0.2, 0.25) is 0 Å². The molecule has 0 saturated carbocycles. The van der Waals surface area contributed by atoms with Crippen LogP contribution in [0, 0.1) is 6.92 Å². The molecule has 0 aromatic carbocycles. The Morgan fingerprint density at radius 2 is 2.17 bits per heavy atom. The van der Waals surface area contributed by atoms with E-state index in [-0.39, 0.29) is 0 Å². The molecule has 0 spiro atoms. The number of hydrogen-bond donors (Lipinski definition) is 2. The number of nitrogens with two attached hydrogens (primary N) is 1. The van der Waals surface area contributed by atoms with E-state index in [0.717, 1.165) is 48.7 Å². The summed E-state index contributed by atoms with van der Waals surface area (Å²) < 4.78 is 0. The molecule has 4 rings (SSSR count). The lowest BCUT2D eigenvalue weighted by Crippen LogP contribution is -2.35. The number of nitrogens with zero attached hydrogens (tertiary/aromatic N) is 5. The number of fused-ring (bicyclic) bond motifs is 1. The Balaban J connectivity index is 1.60. The van der Waals surface area contributed by atoms with E-state index in [0.29, 0.717) is 17.4 Å². The van der Waals surface area contributed by atoms with Crippen LogP contribution in [0.5, 0.6) is 0 Å². The molecule has 3 N–H and O–H groups in total. The van der Waals surface area contributed by atoms with Gasteiger partial charge in [0, 0.05) is 30.9 Å². The lowest BCUT2D eigenvalue weighted by molar-refractivity contribution is 0.499. The molecule has 4 heterocycles. The summed E-state index contributed by atoms with van der Waals surface area (Å²) >= 11 is 0. The third-order valence-electron chi connectivity index (χ3n) is 4.39. The minimum atomic E-state index is 0.376. The van der Waals surface area contributed by atoms with Crippen LogP contribution in [-0.4, -0.2) is 38.2 Å². The summed E-state index contributed by atoms with van der Waals surface area (Å²) in [6.45, 7) is 3.85. The smallest absolute Gasteiger partial charge is 0.183 e. The molecule has 0 amide bonds. The Kier molecular flexibility index (Phi) is 3.33. The van der Waals surface area contributed by atoms with Gasteiger partial charge in [-0.3, -0.25) is 5.10 Å². The molecular weight excluding hydrogens is 290 g/mol. The number of H-pyrrole nitrogens is 1. The maximum atomic E-state index is 5.84. The van der Waals surface area contributed by atoms with E-state index in [1.165, 1.54) is 0 Å². The van der Waals surface area contributed by atoms with Gasteiger partial charge in [-0.25, -0.2) is 15.0 Å². The Morgan fingerprint density at radius 1 is 1.26 bits per heavy atom. The molecule has 3 aromatic heterocycles. The number of nitrogens with one attached hydrogen (secondary N) is 1. The Hall–Kier alpha value is -2.70. The van der Waals surface area contributed by atoms with Crippen molar-refractivity contribution >= 4 is 22.7 Å². The van der Waals surface area contributed by atoms with Crippen LogP contribution >= 0.6 is 0 Å². The first-order valence-corrected chi connectivity index (χ1v) is 7.86. The van der Waals surface area contributed by atoms with Gasteiger partial charge in [-0.1, -0.05) is 0 Å². The number of aromatic amines is 1. The van der Waals surface area contributed by atoms with Crippen molar-refractivity contribution < 1.29 is 0 Å². The fourth-order valence-corrected chi connectivity index (χ4v) is 3.21. The molecule has 0 aliphatic carbocycles. The summed E-state index contributed by atoms with van der Waals surface area (Å²) in [6, 6.07) is 6.04. The van der Waals surface area contributed by atoms with Gasteiger partial charge in [0.1, 0.15) is 17.5 Å². The largest absolute Gasteiger partial charge is 0.384 e. The number of hydrogen-bond acceptors (Lipinski definition) is 6. The number of nitrogen functional groups attached to an aromatic ring is 1. The topological polar surface area (TPSA) is 96.6 Å². The molecule has 0 unspecified atom stereocenters. The molecule has 118 valence electrons. The molecule has 3 aromatic rings. The SMILES string of the molecule is Cc1nccc(N2CCC[C@@H](c3ccc4c(N)[nH]nc4n3)C2)n1. The van der Waals surface area contributed by atoms with E-state index in [9.17, 15) is 0 Å². The highest BCUT2D eigenvalue weighted by molar-refractivity contribution is 5.85. The first kappa shape index (κ1) is 13.9. The van der Waals surface area contributed by atoms with Crippen LogP contribution < -0.4 is 10.6 Å². The lowest BCUT2D eigenvalue weighted by Gasteiger charge is -2.33. The van der Waals surface area contributed by atoms with Crippen molar-refractivity contribution in [2.75, 3.05) is 23.7 Å². The standard InChI is InChI=1S/C16H19N7/c1-10-18-7-6-14(19-10)23-8-2-3-11(9-23)13-5-4-12-15(17)21-22-16(12)20-13/h4-7,11H,2-3,8-9H2,1H3,(H3,17,20,21,22)/t11-/m1/s1. The van der Waals surface area contributed by atoms with Crippen molar-refractivity contribution in [2.45, 2.75) is 25.7 Å². The number of aromatic nitrogens is 5. The second-order valence-corrected chi connectivity index (χ2v) is 5.99. The average Bonchev–Trinajstić information content (AvgIpc) is 2.96. The second kappa shape index (κ2) is 5.49. The first-order chi connectivity index (χ1) is 11.2. The molecular formula is C16H19N7. The fourth-order valence-electron chi connectivity index (χ4n) is 3.21. The molecule has 1 atom stereocenters. The monoisotopic (exact) mass is 309 g/mol. The average molecular weight is 309 g/mol. The molecule has 1 saturated heterocycles. The highest BCUT2D eigenvalue weighted by Gasteiger charge is 2.24. The van der Waals surface area contributed by atoms with Crippen molar-refractivity contribution in [3.05, 3.63) is 35.9 Å². The molecule has 1 aliphatic heterocycles. The first-order valence-electron chi connectivity index (χ1n) is 7.86. The molecule has 1 aliphatic rings. The summed E-state index contributed by atoms with van der Waals surface area (Å²) in [7, 11) is 0. The van der Waals surface area contributed by atoms with Gasteiger partial charge >= 0.3 is 0 Å². The van der Waals surface area contributed by atoms with E-state index >= 15 is 0 Å². The van der Waals surface area contributed by atoms with Crippen LogP contribution in [-0.2, 0) is 0 Å². The van der Waals surface area contributed by atoms with Crippen molar-refractivity contribution in [3.8, 4) is 0 Å². The fraction of sp³-hybridized carbons (Fsp3) is 0.375. The Labute approximate surface area is 134 Å². The molecule has 0 radical (unpaired) electrons. The van der Waals surface area contributed by atoms with E-state index in [4.69, 9.17) is 5.73 Å². The van der Waals surface area contributed by atoms with Crippen LogP contribution in [0.1, 0.15) is 30.3 Å². The van der Waals surface area contributed by atoms with Crippen molar-refractivity contribution in [2.24, 2.45) is 0 Å². The summed E-state index contributed by atoms with van der Waals surface area (Å²) in [4.78, 5) is 15.7. The van der Waals surface area contributed by atoms with Crippen LogP contribution in [0.15, 0.2) is 24.4 Å². The number of pyridine rings is 1. The van der Waals surface area contributed by atoms with E-state index in [1.807, 2.05) is 25.3 Å². The van der Waals surface area contributed by atoms with Gasteiger partial charge in [0.15, 0.2) is 5.65 Å². The molecule has 7 nitrogen and oxygen atoms in total. The van der Waals surface area contributed by atoms with Crippen molar-refractivity contribution in [1.29, 1.82) is 0 Å². The summed E-state index contributed by atoms with van der Waals surface area (Å²) in [5.74, 6) is 2.74. The number of rotatable bonds is 2. The second-order valence-electron chi connectivity index (χ2n) is 5.99. The van der Waals surface area contributed by atoms with E-state index in [1.54, 1.807) is 0 Å². The molecule has 7 heteroatoms. The van der Waals surface area contributed by atoms with Crippen LogP contribution in [0.4, 0.5) is 11.6 Å². The van der Waals surface area contributed by atoms with Crippen LogP contribution in [0.3, 0.4) is 0 Å². The Morgan fingerprint density at radius 3 is 3.04 bits per heavy atom. The summed E-state index contributed by atoms with van der Waals surface area (Å²) in [5.41, 5.74) is 7.60. The Bertz CT molecular complexity index is 841. The third kappa shape index (κ3) is 2.58. The number of aryl methyl sites for hydroxylation is 1. The number of piperidine rings is 1. The van der Waals surface area contributed by atoms with E-state index in [2.05, 4.69) is 36.1 Å². The van der Waals surface area contributed by atoms with Gasteiger partial charge in [-0.2, -0.15) is 5.10 Å². The van der Waals surface area contributed by atoms with Gasteiger partial charge in [0.05, 0.1) is 5.39 Å². The predicted molar refractivity (Wildman–Crippen MR) is 89.3 cm³/mol. The van der Waals surface area contributed by atoms with Crippen LogP contribution in [0.25, 0.3) is 11.0 Å². The third-order valence-corrected chi connectivity index (χ3v) is 4.39. The number of anilines is 2. The maximum Gasteiger partial charge on any atom is 0.183 e. The lowest BCUT2D eigenvalue weighted by atomic mass is 9.94. The zero-order valence-electron chi connectivity index (χ0n) is 13.0. The quantitative estimate of drug-likeness (QED) is 0.752. The molecule has 23 heavy (non-hydrogen) atoms. The summed E-state index contributed by atoms with van der Waals surface area (Å²) in [6.07, 6.45) is 4.06. The minimum Gasteiger partial charge on any atom is -0.384 e. The van der Waals surface area contributed by atoms with Gasteiger partial charge in [-0.05, 0) is 38.0 Å². The highest BCUT2D eigenvalue weighted by atomic mass is 15.2. The normalized spacial score (nSPS) is 18.5. The highest BCUT2D eigenvalue weighted by Crippen LogP contribution is 2.29. The molecule has 1 fully saturated rings. The van der Waals surface area contributed by atoms with E-state index < -0.39 is 0 Å². The van der Waals surface area contributed by atoms with Gasteiger partial charge in [0.25, 0.3) is 0 Å². The van der Waals surface area contributed by atoms with Gasteiger partial charge in [-0.15, -0.1) is 0 Å². The van der Waals surface area contributed by atoms with Crippen molar-refractivity contribution in [1.82, 2.24) is 25.1 Å². The zero-order valence-corrected chi connectivity index (χ0v) is 13.0. The zero-order chi connectivity index (χ0) is 15.8. The van der Waals surface area contributed by atoms with Crippen molar-refractivity contribution in [3.63, 3.8) is 0 Å². The maximum absolute atomic E-state index is 5.84. The summed E-state index contributed by atoms with van der Waals surface area (Å²) in [5, 5.41) is 7.83.